The molecule has 4 rings (SSSR count). The molecule has 1 saturated heterocycles. The van der Waals surface area contributed by atoms with Crippen LogP contribution in [0.3, 0.4) is 0 Å². The normalized spacial score (nSPS) is 22.4. The highest BCUT2D eigenvalue weighted by molar-refractivity contribution is 5.78. The summed E-state index contributed by atoms with van der Waals surface area (Å²) in [5.74, 6) is 0.785. The molecule has 1 aromatic heterocycles. The number of benzene rings is 1. The van der Waals surface area contributed by atoms with Crippen molar-refractivity contribution in [1.29, 1.82) is 0 Å². The highest BCUT2D eigenvalue weighted by Crippen LogP contribution is 2.43. The van der Waals surface area contributed by atoms with Crippen molar-refractivity contribution in [3.8, 4) is 0 Å². The molecule has 0 radical (unpaired) electrons. The van der Waals surface area contributed by atoms with Gasteiger partial charge in [-0.2, -0.15) is 0 Å². The van der Waals surface area contributed by atoms with Gasteiger partial charge in [0.1, 0.15) is 0 Å². The number of likely N-dealkylation sites (tertiary alicyclic amines) is 1. The van der Waals surface area contributed by atoms with Crippen LogP contribution in [0, 0.1) is 5.92 Å². The first-order chi connectivity index (χ1) is 9.23. The summed E-state index contributed by atoms with van der Waals surface area (Å²) in [5, 5.41) is 1.21. The lowest BCUT2D eigenvalue weighted by molar-refractivity contribution is 0.0468. The first kappa shape index (κ1) is 11.4. The van der Waals surface area contributed by atoms with Gasteiger partial charge in [-0.3, -0.25) is 9.88 Å². The first-order valence-electron chi connectivity index (χ1n) is 7.09. The van der Waals surface area contributed by atoms with E-state index in [0.29, 0.717) is 0 Å². The second-order valence-electron chi connectivity index (χ2n) is 6.15. The van der Waals surface area contributed by atoms with Crippen molar-refractivity contribution in [3.05, 3.63) is 42.1 Å². The molecule has 0 unspecified atom stereocenters. The molecule has 0 spiro atoms. The van der Waals surface area contributed by atoms with Gasteiger partial charge in [0, 0.05) is 30.6 Å². The van der Waals surface area contributed by atoms with Crippen LogP contribution in [0.1, 0.15) is 18.5 Å². The third-order valence-corrected chi connectivity index (χ3v) is 4.47. The van der Waals surface area contributed by atoms with E-state index in [0.717, 1.165) is 36.8 Å². The monoisotopic (exact) mass is 253 g/mol. The quantitative estimate of drug-likeness (QED) is 0.911. The second-order valence-corrected chi connectivity index (χ2v) is 6.15. The van der Waals surface area contributed by atoms with Crippen molar-refractivity contribution in [3.63, 3.8) is 0 Å². The van der Waals surface area contributed by atoms with Crippen molar-refractivity contribution in [2.24, 2.45) is 11.7 Å². The van der Waals surface area contributed by atoms with Crippen LogP contribution in [0.2, 0.25) is 0 Å². The lowest BCUT2D eigenvalue weighted by Crippen LogP contribution is -2.68. The van der Waals surface area contributed by atoms with Gasteiger partial charge in [-0.05, 0) is 30.9 Å². The molecule has 2 aromatic rings. The molecule has 2 N–H and O–H groups in total. The molecule has 2 heterocycles. The van der Waals surface area contributed by atoms with Crippen molar-refractivity contribution in [2.45, 2.75) is 24.9 Å². The minimum atomic E-state index is 0.108. The van der Waals surface area contributed by atoms with Crippen LogP contribution in [-0.4, -0.2) is 28.5 Å². The van der Waals surface area contributed by atoms with Crippen molar-refractivity contribution in [2.75, 3.05) is 13.1 Å². The van der Waals surface area contributed by atoms with Gasteiger partial charge in [-0.15, -0.1) is 0 Å². The highest BCUT2D eigenvalue weighted by atomic mass is 15.3. The van der Waals surface area contributed by atoms with E-state index in [1.165, 1.54) is 18.2 Å². The number of hydrogen-bond acceptors (Lipinski definition) is 3. The van der Waals surface area contributed by atoms with E-state index in [1.807, 2.05) is 6.07 Å². The molecule has 2 aliphatic rings. The Morgan fingerprint density at radius 1 is 1.16 bits per heavy atom. The average molecular weight is 253 g/mol. The largest absolute Gasteiger partial charge is 0.323 e. The molecule has 1 aromatic carbocycles. The molecule has 1 aliphatic carbocycles. The number of aromatic nitrogens is 1. The molecular formula is C16H19N3. The zero-order valence-electron chi connectivity index (χ0n) is 11.0. The smallest absolute Gasteiger partial charge is 0.0705 e. The van der Waals surface area contributed by atoms with Crippen LogP contribution in [-0.2, 0) is 6.54 Å². The maximum atomic E-state index is 6.38. The number of nitrogens with zero attached hydrogens (tertiary/aromatic N) is 2. The van der Waals surface area contributed by atoms with Gasteiger partial charge in [0.25, 0.3) is 0 Å². The molecule has 3 nitrogen and oxygen atoms in total. The zero-order valence-corrected chi connectivity index (χ0v) is 11.0. The number of nitrogens with two attached hydrogens (primary N) is 1. The fourth-order valence-corrected chi connectivity index (χ4v) is 3.24. The Hall–Kier alpha value is -1.45. The van der Waals surface area contributed by atoms with Gasteiger partial charge in [0.15, 0.2) is 0 Å². The Labute approximate surface area is 113 Å². The Morgan fingerprint density at radius 2 is 1.95 bits per heavy atom. The summed E-state index contributed by atoms with van der Waals surface area (Å²) in [5.41, 5.74) is 8.72. The summed E-state index contributed by atoms with van der Waals surface area (Å²) in [6.07, 6.45) is 2.66. The van der Waals surface area contributed by atoms with Gasteiger partial charge < -0.3 is 5.73 Å². The summed E-state index contributed by atoms with van der Waals surface area (Å²) >= 11 is 0. The Bertz CT molecular complexity index is 612. The van der Waals surface area contributed by atoms with Crippen LogP contribution >= 0.6 is 0 Å². The number of para-hydroxylation sites is 1. The van der Waals surface area contributed by atoms with Crippen LogP contribution in [0.25, 0.3) is 10.9 Å². The van der Waals surface area contributed by atoms with Gasteiger partial charge in [-0.25, -0.2) is 0 Å². The zero-order chi connectivity index (χ0) is 12.9. The third kappa shape index (κ3) is 2.03. The molecule has 0 atom stereocenters. The summed E-state index contributed by atoms with van der Waals surface area (Å²) < 4.78 is 0. The number of fused-ring (bicyclic) bond motifs is 1. The molecule has 1 aliphatic heterocycles. The first-order valence-corrected chi connectivity index (χ1v) is 7.09. The fourth-order valence-electron chi connectivity index (χ4n) is 3.24. The average Bonchev–Trinajstić information content (AvgIpc) is 3.21. The molecule has 3 heteroatoms. The summed E-state index contributed by atoms with van der Waals surface area (Å²) in [6, 6.07) is 12.6. The van der Waals surface area contributed by atoms with Gasteiger partial charge in [0.05, 0.1) is 11.2 Å². The molecule has 0 bridgehead atoms. The molecule has 2 fully saturated rings. The molecule has 0 amide bonds. The second kappa shape index (κ2) is 4.02. The fraction of sp³-hybridized carbons (Fsp3) is 0.438. The standard InChI is InChI=1S/C16H19N3/c17-16(13-6-7-13)10-19(11-16)9-14-8-5-12-3-1-2-4-15(12)18-14/h1-5,8,13H,6-7,9-11,17H2. The lowest BCUT2D eigenvalue weighted by Gasteiger charge is -2.48. The van der Waals surface area contributed by atoms with Gasteiger partial charge in [-0.1, -0.05) is 24.3 Å². The molecular weight excluding hydrogens is 234 g/mol. The highest BCUT2D eigenvalue weighted by Gasteiger charge is 2.49. The van der Waals surface area contributed by atoms with E-state index in [2.05, 4.69) is 35.2 Å². The summed E-state index contributed by atoms with van der Waals surface area (Å²) in [7, 11) is 0. The SMILES string of the molecule is NC1(C2CC2)CN(Cc2ccc3ccccc3n2)C1. The van der Waals surface area contributed by atoms with Crippen LogP contribution in [0.4, 0.5) is 0 Å². The third-order valence-electron chi connectivity index (χ3n) is 4.47. The van der Waals surface area contributed by atoms with Gasteiger partial charge in [0.2, 0.25) is 0 Å². The maximum Gasteiger partial charge on any atom is 0.0705 e. The van der Waals surface area contributed by atoms with E-state index >= 15 is 0 Å². The van der Waals surface area contributed by atoms with Crippen molar-refractivity contribution < 1.29 is 0 Å². The molecule has 98 valence electrons. The van der Waals surface area contributed by atoms with Crippen molar-refractivity contribution >= 4 is 10.9 Å². The van der Waals surface area contributed by atoms with E-state index in [9.17, 15) is 0 Å². The number of hydrogen-bond donors (Lipinski definition) is 1. The van der Waals surface area contributed by atoms with Gasteiger partial charge >= 0.3 is 0 Å². The summed E-state index contributed by atoms with van der Waals surface area (Å²) in [4.78, 5) is 7.13. The van der Waals surface area contributed by atoms with Crippen LogP contribution < -0.4 is 5.73 Å². The molecule has 19 heavy (non-hydrogen) atoms. The number of pyridine rings is 1. The predicted octanol–water partition coefficient (Wildman–Crippen LogP) is 2.16. The Morgan fingerprint density at radius 3 is 2.74 bits per heavy atom. The minimum absolute atomic E-state index is 0.108. The lowest BCUT2D eigenvalue weighted by atomic mass is 9.85. The predicted molar refractivity (Wildman–Crippen MR) is 76.7 cm³/mol. The maximum absolute atomic E-state index is 6.38. The van der Waals surface area contributed by atoms with E-state index < -0.39 is 0 Å². The van der Waals surface area contributed by atoms with Crippen molar-refractivity contribution in [1.82, 2.24) is 9.88 Å². The Balaban J connectivity index is 1.47. The van der Waals surface area contributed by atoms with Crippen LogP contribution in [0.15, 0.2) is 36.4 Å². The number of rotatable bonds is 3. The molecule has 1 saturated carbocycles. The topological polar surface area (TPSA) is 42.1 Å². The Kier molecular flexibility index (Phi) is 2.41. The van der Waals surface area contributed by atoms with E-state index in [1.54, 1.807) is 0 Å². The van der Waals surface area contributed by atoms with E-state index in [-0.39, 0.29) is 5.54 Å². The minimum Gasteiger partial charge on any atom is -0.323 e. The summed E-state index contributed by atoms with van der Waals surface area (Å²) in [6.45, 7) is 2.99. The van der Waals surface area contributed by atoms with Crippen LogP contribution in [0.5, 0.6) is 0 Å². The van der Waals surface area contributed by atoms with E-state index in [4.69, 9.17) is 10.7 Å².